The van der Waals surface area contributed by atoms with E-state index in [0.717, 1.165) is 16.9 Å². The summed E-state index contributed by atoms with van der Waals surface area (Å²) in [6.45, 7) is -0.0964. The lowest BCUT2D eigenvalue weighted by Gasteiger charge is -2.08. The maximum absolute atomic E-state index is 12.4. The molecule has 0 aliphatic carbocycles. The fourth-order valence-electron chi connectivity index (χ4n) is 1.81. The van der Waals surface area contributed by atoms with Crippen LogP contribution in [0.15, 0.2) is 42.6 Å². The van der Waals surface area contributed by atoms with Crippen molar-refractivity contribution in [3.8, 4) is 5.75 Å². The number of nitrogens with zero attached hydrogens (tertiary/aromatic N) is 2. The molecule has 0 fully saturated rings. The van der Waals surface area contributed by atoms with Crippen LogP contribution in [0.3, 0.4) is 0 Å². The lowest BCUT2D eigenvalue weighted by molar-refractivity contribution is -0.141. The number of rotatable bonds is 8. The first-order valence-corrected chi connectivity index (χ1v) is 8.67. The summed E-state index contributed by atoms with van der Waals surface area (Å²) in [5.74, 6) is 0.304. The Hall–Kier alpha value is -2.07. The summed E-state index contributed by atoms with van der Waals surface area (Å²) in [6.07, 6.45) is -3.37. The van der Waals surface area contributed by atoms with E-state index >= 15 is 0 Å². The number of alkyl halides is 3. The van der Waals surface area contributed by atoms with Gasteiger partial charge >= 0.3 is 6.18 Å². The van der Waals surface area contributed by atoms with Crippen molar-refractivity contribution in [1.29, 1.82) is 0 Å². The van der Waals surface area contributed by atoms with E-state index in [1.54, 1.807) is 24.3 Å². The van der Waals surface area contributed by atoms with Crippen LogP contribution in [0.5, 0.6) is 5.75 Å². The van der Waals surface area contributed by atoms with Gasteiger partial charge in [-0.25, -0.2) is 13.1 Å². The van der Waals surface area contributed by atoms with Gasteiger partial charge in [-0.05, 0) is 18.2 Å². The Labute approximate surface area is 137 Å². The molecule has 1 aromatic heterocycles. The third-order valence-corrected chi connectivity index (χ3v) is 4.31. The Morgan fingerprint density at radius 1 is 1.17 bits per heavy atom. The highest BCUT2D eigenvalue weighted by molar-refractivity contribution is 7.89. The van der Waals surface area contributed by atoms with E-state index in [2.05, 4.69) is 9.82 Å². The molecule has 132 valence electrons. The predicted molar refractivity (Wildman–Crippen MR) is 81.0 cm³/mol. The normalized spacial score (nSPS) is 12.3. The van der Waals surface area contributed by atoms with Gasteiger partial charge in [-0.3, -0.25) is 4.68 Å². The van der Waals surface area contributed by atoms with Crippen LogP contribution in [0.1, 0.15) is 5.69 Å². The molecule has 1 heterocycles. The fourth-order valence-corrected chi connectivity index (χ4v) is 2.66. The Morgan fingerprint density at radius 3 is 2.50 bits per heavy atom. The van der Waals surface area contributed by atoms with Gasteiger partial charge in [0, 0.05) is 12.7 Å². The Bertz CT molecular complexity index is 745. The maximum Gasteiger partial charge on any atom is 0.435 e. The Kier molecular flexibility index (Phi) is 5.84. The SMILES string of the molecule is O=S(=O)(CCOc1ccccc1)NCCn1ccc(C(F)(F)F)n1. The van der Waals surface area contributed by atoms with Gasteiger partial charge in [-0.15, -0.1) is 0 Å². The second kappa shape index (κ2) is 7.67. The van der Waals surface area contributed by atoms with Crippen LogP contribution in [0.25, 0.3) is 0 Å². The van der Waals surface area contributed by atoms with E-state index in [-0.39, 0.29) is 25.4 Å². The monoisotopic (exact) mass is 363 g/mol. The Morgan fingerprint density at radius 2 is 1.88 bits per heavy atom. The van der Waals surface area contributed by atoms with Crippen molar-refractivity contribution < 1.29 is 26.3 Å². The van der Waals surface area contributed by atoms with Crippen molar-refractivity contribution in [3.05, 3.63) is 48.3 Å². The molecule has 0 aliphatic rings. The number of para-hydroxylation sites is 1. The number of nitrogens with one attached hydrogen (secondary N) is 1. The zero-order valence-electron chi connectivity index (χ0n) is 12.5. The van der Waals surface area contributed by atoms with Crippen molar-refractivity contribution in [2.45, 2.75) is 12.7 Å². The van der Waals surface area contributed by atoms with Crippen LogP contribution in [0.4, 0.5) is 13.2 Å². The summed E-state index contributed by atoms with van der Waals surface area (Å²) < 4.78 is 69.3. The van der Waals surface area contributed by atoms with Crippen LogP contribution in [-0.2, 0) is 22.7 Å². The topological polar surface area (TPSA) is 73.2 Å². The highest BCUT2D eigenvalue weighted by atomic mass is 32.2. The molecule has 2 aromatic rings. The predicted octanol–water partition coefficient (Wildman–Crippen LogP) is 1.90. The van der Waals surface area contributed by atoms with Crippen molar-refractivity contribution in [2.24, 2.45) is 0 Å². The van der Waals surface area contributed by atoms with Gasteiger partial charge in [0.2, 0.25) is 10.0 Å². The zero-order valence-corrected chi connectivity index (χ0v) is 13.3. The van der Waals surface area contributed by atoms with Crippen molar-refractivity contribution in [2.75, 3.05) is 18.9 Å². The van der Waals surface area contributed by atoms with E-state index < -0.39 is 21.9 Å². The van der Waals surface area contributed by atoms with Crippen LogP contribution >= 0.6 is 0 Å². The average molecular weight is 363 g/mol. The highest BCUT2D eigenvalue weighted by Crippen LogP contribution is 2.27. The first-order chi connectivity index (χ1) is 11.3. The standard InChI is InChI=1S/C14H16F3N3O3S/c15-14(16,17)13-6-8-20(19-13)9-7-18-24(21,22)11-10-23-12-4-2-1-3-5-12/h1-6,8,18H,7,9-11H2. The molecule has 0 saturated carbocycles. The third kappa shape index (κ3) is 5.85. The summed E-state index contributed by atoms with van der Waals surface area (Å²) >= 11 is 0. The van der Waals surface area contributed by atoms with Crippen LogP contribution < -0.4 is 9.46 Å². The van der Waals surface area contributed by atoms with Gasteiger partial charge in [0.15, 0.2) is 5.69 Å². The molecule has 2 rings (SSSR count). The minimum Gasteiger partial charge on any atom is -0.492 e. The number of halogens is 3. The summed E-state index contributed by atoms with van der Waals surface area (Å²) in [6, 6.07) is 9.58. The smallest absolute Gasteiger partial charge is 0.435 e. The fraction of sp³-hybridized carbons (Fsp3) is 0.357. The molecular formula is C14H16F3N3O3S. The summed E-state index contributed by atoms with van der Waals surface area (Å²) in [4.78, 5) is 0. The van der Waals surface area contributed by atoms with Gasteiger partial charge in [0.05, 0.1) is 12.3 Å². The van der Waals surface area contributed by atoms with Gasteiger partial charge in [-0.1, -0.05) is 18.2 Å². The minimum absolute atomic E-state index is 0.00511. The molecule has 10 heteroatoms. The zero-order chi connectivity index (χ0) is 17.6. The van der Waals surface area contributed by atoms with Crippen molar-refractivity contribution in [3.63, 3.8) is 0 Å². The lowest BCUT2D eigenvalue weighted by atomic mass is 10.3. The number of hydrogen-bond donors (Lipinski definition) is 1. The largest absolute Gasteiger partial charge is 0.492 e. The summed E-state index contributed by atoms with van der Waals surface area (Å²) in [5, 5.41) is 3.34. The van der Waals surface area contributed by atoms with Gasteiger partial charge in [0.1, 0.15) is 12.4 Å². The van der Waals surface area contributed by atoms with E-state index in [1.165, 1.54) is 0 Å². The van der Waals surface area contributed by atoms with Crippen LogP contribution in [0, 0.1) is 0 Å². The number of aromatic nitrogens is 2. The molecule has 24 heavy (non-hydrogen) atoms. The second-order valence-corrected chi connectivity index (χ2v) is 6.76. The Balaban J connectivity index is 1.73. The first kappa shape index (κ1) is 18.3. The van der Waals surface area contributed by atoms with Crippen LogP contribution in [0.2, 0.25) is 0 Å². The number of sulfonamides is 1. The number of ether oxygens (including phenoxy) is 1. The minimum atomic E-state index is -4.51. The summed E-state index contributed by atoms with van der Waals surface area (Å²) in [5.41, 5.74) is -1.01. The molecule has 0 bridgehead atoms. The maximum atomic E-state index is 12.4. The van der Waals surface area contributed by atoms with E-state index in [4.69, 9.17) is 4.74 Å². The molecule has 1 N–H and O–H groups in total. The third-order valence-electron chi connectivity index (χ3n) is 2.96. The molecule has 0 amide bonds. The number of hydrogen-bond acceptors (Lipinski definition) is 4. The van der Waals surface area contributed by atoms with Crippen molar-refractivity contribution >= 4 is 10.0 Å². The molecule has 0 unspecified atom stereocenters. The van der Waals surface area contributed by atoms with E-state index in [9.17, 15) is 21.6 Å². The molecule has 0 radical (unpaired) electrons. The average Bonchev–Trinajstić information content (AvgIpc) is 2.97. The van der Waals surface area contributed by atoms with Gasteiger partial charge < -0.3 is 4.74 Å². The molecular weight excluding hydrogens is 347 g/mol. The quantitative estimate of drug-likeness (QED) is 0.778. The van der Waals surface area contributed by atoms with E-state index in [1.807, 2.05) is 6.07 Å². The highest BCUT2D eigenvalue weighted by Gasteiger charge is 2.33. The van der Waals surface area contributed by atoms with Crippen LogP contribution in [-0.4, -0.2) is 37.1 Å². The second-order valence-electron chi connectivity index (χ2n) is 4.84. The molecule has 0 saturated heterocycles. The molecule has 6 nitrogen and oxygen atoms in total. The van der Waals surface area contributed by atoms with E-state index in [0.29, 0.717) is 5.75 Å². The molecule has 0 atom stereocenters. The number of benzene rings is 1. The first-order valence-electron chi connectivity index (χ1n) is 7.02. The van der Waals surface area contributed by atoms with Gasteiger partial charge in [-0.2, -0.15) is 18.3 Å². The molecule has 0 spiro atoms. The summed E-state index contributed by atoms with van der Waals surface area (Å²) in [7, 11) is -3.58. The van der Waals surface area contributed by atoms with Gasteiger partial charge in [0.25, 0.3) is 0 Å². The molecule has 1 aromatic carbocycles. The molecule has 0 aliphatic heterocycles. The lowest BCUT2D eigenvalue weighted by Crippen LogP contribution is -2.31. The van der Waals surface area contributed by atoms with Crippen molar-refractivity contribution in [1.82, 2.24) is 14.5 Å².